The van der Waals surface area contributed by atoms with Gasteiger partial charge in [0.15, 0.2) is 0 Å². The molecule has 0 rings (SSSR count). The molecule has 0 atom stereocenters. The van der Waals surface area contributed by atoms with E-state index in [9.17, 15) is 4.39 Å². The van der Waals surface area contributed by atoms with Crippen molar-refractivity contribution in [2.24, 2.45) is 0 Å². The van der Waals surface area contributed by atoms with Gasteiger partial charge >= 0.3 is 0 Å². The molecule has 0 spiro atoms. The van der Waals surface area contributed by atoms with Crippen molar-refractivity contribution in [2.75, 3.05) is 6.67 Å². The van der Waals surface area contributed by atoms with Crippen LogP contribution in [-0.4, -0.2) is 6.67 Å². The molecule has 0 aliphatic heterocycles. The highest BCUT2D eigenvalue weighted by atomic mass is 19.1. The Morgan fingerprint density at radius 2 is 2.33 bits per heavy atom. The minimum Gasteiger partial charge on any atom is -0.251 e. The third kappa shape index (κ3) is 3.67. The molecule has 0 aromatic rings. The number of alkyl halides is 1. The summed E-state index contributed by atoms with van der Waals surface area (Å²) in [6.07, 6.45) is 0.514. The molecule has 0 amide bonds. The van der Waals surface area contributed by atoms with Crippen LogP contribution in [0.5, 0.6) is 0 Å². The molecule has 1 heteroatoms. The van der Waals surface area contributed by atoms with Crippen molar-refractivity contribution in [2.45, 2.75) is 13.3 Å². The molecule has 0 N–H and O–H groups in total. The highest BCUT2D eigenvalue weighted by molar-refractivity contribution is 4.86. The molecule has 0 radical (unpaired) electrons. The first-order valence-corrected chi connectivity index (χ1v) is 1.97. The molecule has 0 nitrogen and oxygen atoms in total. The molecule has 0 saturated carbocycles. The Hall–Kier alpha value is -0.330. The summed E-state index contributed by atoms with van der Waals surface area (Å²) >= 11 is 0. The second kappa shape index (κ2) is 2.88. The van der Waals surface area contributed by atoms with Gasteiger partial charge in [0.05, 0.1) is 6.67 Å². The molecular formula is C5H9F. The van der Waals surface area contributed by atoms with Gasteiger partial charge in [-0.2, -0.15) is 0 Å². The van der Waals surface area contributed by atoms with Gasteiger partial charge in [-0.25, -0.2) is 0 Å². The summed E-state index contributed by atoms with van der Waals surface area (Å²) in [6.45, 7) is 5.06. The van der Waals surface area contributed by atoms with Crippen LogP contribution in [0, 0.1) is 0 Å². The van der Waals surface area contributed by atoms with Crippen LogP contribution in [0.2, 0.25) is 0 Å². The summed E-state index contributed by atoms with van der Waals surface area (Å²) in [4.78, 5) is 0. The van der Waals surface area contributed by atoms with Gasteiger partial charge in [-0.1, -0.05) is 5.57 Å². The Balaban J connectivity index is 2.83. The molecular weight excluding hydrogens is 79.1 g/mol. The molecule has 0 aliphatic rings. The molecule has 6 heavy (non-hydrogen) atoms. The largest absolute Gasteiger partial charge is 0.251 e. The molecule has 0 fully saturated rings. The molecule has 0 aromatic carbocycles. The van der Waals surface area contributed by atoms with Crippen molar-refractivity contribution >= 4 is 0 Å². The molecule has 0 heterocycles. The Morgan fingerprint density at radius 1 is 1.83 bits per heavy atom. The molecule has 0 bridgehead atoms. The van der Waals surface area contributed by atoms with Crippen LogP contribution in [0.25, 0.3) is 0 Å². The van der Waals surface area contributed by atoms with Crippen molar-refractivity contribution in [3.63, 3.8) is 0 Å². The first kappa shape index (κ1) is 5.67. The normalized spacial score (nSPS) is 8.33. The van der Waals surface area contributed by atoms with Crippen molar-refractivity contribution < 1.29 is 4.39 Å². The summed E-state index contributed by atoms with van der Waals surface area (Å²) in [7, 11) is 0. The first-order valence-electron chi connectivity index (χ1n) is 1.97. The Bertz CT molecular complexity index is 47.9. The summed E-state index contributed by atoms with van der Waals surface area (Å²) < 4.78 is 11.2. The zero-order valence-corrected chi connectivity index (χ0v) is 4.00. The lowest BCUT2D eigenvalue weighted by Gasteiger charge is -1.84. The van der Waals surface area contributed by atoms with E-state index in [1.165, 1.54) is 0 Å². The van der Waals surface area contributed by atoms with E-state index in [4.69, 9.17) is 0 Å². The third-order valence-electron chi connectivity index (χ3n) is 0.521. The average molecular weight is 88.1 g/mol. The summed E-state index contributed by atoms with van der Waals surface area (Å²) in [5.41, 5.74) is 0.914. The van der Waals surface area contributed by atoms with E-state index in [0.717, 1.165) is 5.57 Å². The fourth-order valence-corrected chi connectivity index (χ4v) is 0.161. The predicted octanol–water partition coefficient (Wildman–Crippen LogP) is 1.92. The lowest BCUT2D eigenvalue weighted by molar-refractivity contribution is 0.494. The first-order chi connectivity index (χ1) is 2.77. The zero-order valence-electron chi connectivity index (χ0n) is 4.00. The fourth-order valence-electron chi connectivity index (χ4n) is 0.161. The summed E-state index contributed by atoms with van der Waals surface area (Å²) in [6, 6.07) is 0. The minimum atomic E-state index is -0.269. The van der Waals surface area contributed by atoms with E-state index < -0.39 is 0 Å². The van der Waals surface area contributed by atoms with E-state index in [1.54, 1.807) is 0 Å². The maximum absolute atomic E-state index is 11.2. The second-order valence-electron chi connectivity index (χ2n) is 1.40. The van der Waals surface area contributed by atoms with E-state index >= 15 is 0 Å². The standard InChI is InChI=1S/C5H9F/c1-5(2)3-4-6/h1,3-4H2,2H3. The molecule has 0 aliphatic carbocycles. The average Bonchev–Trinajstić information content (AvgIpc) is 1.35. The fraction of sp³-hybridized carbons (Fsp3) is 0.600. The van der Waals surface area contributed by atoms with Crippen LogP contribution in [0.4, 0.5) is 4.39 Å². The van der Waals surface area contributed by atoms with Gasteiger partial charge in [0, 0.05) is 0 Å². The van der Waals surface area contributed by atoms with Crippen LogP contribution in [0.1, 0.15) is 13.3 Å². The molecule has 0 aromatic heterocycles. The highest BCUT2D eigenvalue weighted by Gasteiger charge is 1.79. The maximum Gasteiger partial charge on any atom is 0.0931 e. The van der Waals surface area contributed by atoms with Crippen LogP contribution < -0.4 is 0 Å². The number of rotatable bonds is 2. The summed E-state index contributed by atoms with van der Waals surface area (Å²) in [5, 5.41) is 0. The van der Waals surface area contributed by atoms with E-state index in [-0.39, 0.29) is 6.67 Å². The highest BCUT2D eigenvalue weighted by Crippen LogP contribution is 1.92. The Morgan fingerprint density at radius 3 is 2.33 bits per heavy atom. The minimum absolute atomic E-state index is 0.269. The molecule has 0 saturated heterocycles. The van der Waals surface area contributed by atoms with Gasteiger partial charge in [0.2, 0.25) is 0 Å². The van der Waals surface area contributed by atoms with Gasteiger partial charge in [0.1, 0.15) is 0 Å². The predicted molar refractivity (Wildman–Crippen MR) is 25.4 cm³/mol. The number of hydrogen-bond donors (Lipinski definition) is 0. The van der Waals surface area contributed by atoms with E-state index in [0.29, 0.717) is 6.42 Å². The van der Waals surface area contributed by atoms with E-state index in [2.05, 4.69) is 6.58 Å². The van der Waals surface area contributed by atoms with Gasteiger partial charge in [-0.05, 0) is 13.3 Å². The lowest BCUT2D eigenvalue weighted by Crippen LogP contribution is -1.73. The Labute approximate surface area is 37.7 Å². The zero-order chi connectivity index (χ0) is 4.99. The molecule has 0 unspecified atom stereocenters. The number of halogens is 1. The van der Waals surface area contributed by atoms with Crippen molar-refractivity contribution in [1.82, 2.24) is 0 Å². The van der Waals surface area contributed by atoms with Gasteiger partial charge in [-0.3, -0.25) is 4.39 Å². The molecule has 36 valence electrons. The van der Waals surface area contributed by atoms with Crippen LogP contribution >= 0.6 is 0 Å². The third-order valence-corrected chi connectivity index (χ3v) is 0.521. The van der Waals surface area contributed by atoms with Gasteiger partial charge in [-0.15, -0.1) is 6.58 Å². The smallest absolute Gasteiger partial charge is 0.0931 e. The van der Waals surface area contributed by atoms with Crippen LogP contribution in [0.3, 0.4) is 0 Å². The topological polar surface area (TPSA) is 0 Å². The SMILES string of the molecule is C=C(C)CCF. The van der Waals surface area contributed by atoms with Crippen LogP contribution in [0.15, 0.2) is 12.2 Å². The van der Waals surface area contributed by atoms with Gasteiger partial charge in [0.25, 0.3) is 0 Å². The van der Waals surface area contributed by atoms with Crippen molar-refractivity contribution in [3.8, 4) is 0 Å². The lowest BCUT2D eigenvalue weighted by atomic mass is 10.3. The van der Waals surface area contributed by atoms with Gasteiger partial charge < -0.3 is 0 Å². The Kier molecular flexibility index (Phi) is 2.73. The van der Waals surface area contributed by atoms with E-state index in [1.807, 2.05) is 6.92 Å². The monoisotopic (exact) mass is 88.1 g/mol. The number of hydrogen-bond acceptors (Lipinski definition) is 0. The summed E-state index contributed by atoms with van der Waals surface area (Å²) in [5.74, 6) is 0. The maximum atomic E-state index is 11.2. The van der Waals surface area contributed by atoms with Crippen molar-refractivity contribution in [3.05, 3.63) is 12.2 Å². The quantitative estimate of drug-likeness (QED) is 0.452. The number of allylic oxidation sites excluding steroid dienone is 1. The second-order valence-corrected chi connectivity index (χ2v) is 1.40. The van der Waals surface area contributed by atoms with Crippen molar-refractivity contribution in [1.29, 1.82) is 0 Å². The van der Waals surface area contributed by atoms with Crippen LogP contribution in [-0.2, 0) is 0 Å².